The van der Waals surface area contributed by atoms with Gasteiger partial charge in [-0.05, 0) is 24.3 Å². The number of ether oxygens (including phenoxy) is 1. The number of nitrogens with zero attached hydrogens (tertiary/aromatic N) is 1. The number of benzene rings is 1. The van der Waals surface area contributed by atoms with Gasteiger partial charge in [0, 0.05) is 13.0 Å². The highest BCUT2D eigenvalue weighted by atomic mass is 19.4. The minimum atomic E-state index is -4.57. The van der Waals surface area contributed by atoms with Crippen LogP contribution in [0.1, 0.15) is 24.8 Å². The fourth-order valence-corrected chi connectivity index (χ4v) is 2.80. The third kappa shape index (κ3) is 4.87. The number of carboxylic acid groups (broad SMARTS) is 1. The van der Waals surface area contributed by atoms with E-state index in [9.17, 15) is 22.8 Å². The molecule has 0 aliphatic carbocycles. The van der Waals surface area contributed by atoms with Gasteiger partial charge in [0.15, 0.2) is 0 Å². The first-order valence-corrected chi connectivity index (χ1v) is 7.53. The van der Waals surface area contributed by atoms with Gasteiger partial charge in [-0.1, -0.05) is 30.3 Å². The van der Waals surface area contributed by atoms with Crippen molar-refractivity contribution >= 4 is 12.1 Å². The summed E-state index contributed by atoms with van der Waals surface area (Å²) in [4.78, 5) is 23.5. The third-order valence-electron chi connectivity index (χ3n) is 3.96. The molecule has 1 amide bonds. The van der Waals surface area contributed by atoms with Gasteiger partial charge in [-0.25, -0.2) is 4.79 Å². The molecule has 0 aromatic heterocycles. The van der Waals surface area contributed by atoms with Crippen molar-refractivity contribution in [1.29, 1.82) is 0 Å². The normalized spacial score (nSPS) is 21.4. The fourth-order valence-electron chi connectivity index (χ4n) is 2.80. The molecule has 1 fully saturated rings. The number of halogens is 3. The smallest absolute Gasteiger partial charge is 0.410 e. The van der Waals surface area contributed by atoms with Gasteiger partial charge in [-0.3, -0.25) is 9.69 Å². The van der Waals surface area contributed by atoms with Crippen LogP contribution in [0.3, 0.4) is 0 Å². The molecular weight excluding hydrogens is 327 g/mol. The van der Waals surface area contributed by atoms with Gasteiger partial charge in [0.25, 0.3) is 0 Å². The number of likely N-dealkylation sites (tertiary alicyclic amines) is 1. The number of carbonyl (C=O) groups is 2. The van der Waals surface area contributed by atoms with Crippen molar-refractivity contribution in [2.24, 2.45) is 5.92 Å². The summed E-state index contributed by atoms with van der Waals surface area (Å²) >= 11 is 0. The Morgan fingerprint density at radius 2 is 1.88 bits per heavy atom. The second-order valence-corrected chi connectivity index (χ2v) is 5.79. The standard InChI is InChI=1S/C16H18F3NO4/c17-16(18,19)13-7-6-12(8-14(21)22)9-20(13)15(23)24-10-11-4-2-1-3-5-11/h1-5,12-13H,6-10H2,(H,21,22). The van der Waals surface area contributed by atoms with Crippen molar-refractivity contribution in [2.45, 2.75) is 38.1 Å². The van der Waals surface area contributed by atoms with Gasteiger partial charge in [-0.2, -0.15) is 13.2 Å². The first kappa shape index (κ1) is 18.1. The summed E-state index contributed by atoms with van der Waals surface area (Å²) in [5.74, 6) is -1.60. The third-order valence-corrected chi connectivity index (χ3v) is 3.96. The average Bonchev–Trinajstić information content (AvgIpc) is 2.52. The summed E-state index contributed by atoms with van der Waals surface area (Å²) in [6, 6.07) is 6.67. The molecule has 1 aromatic carbocycles. The summed E-state index contributed by atoms with van der Waals surface area (Å²) < 4.78 is 44.4. The van der Waals surface area contributed by atoms with E-state index in [-0.39, 0.29) is 32.4 Å². The van der Waals surface area contributed by atoms with E-state index in [4.69, 9.17) is 9.84 Å². The van der Waals surface area contributed by atoms with Gasteiger partial charge >= 0.3 is 18.2 Å². The molecule has 24 heavy (non-hydrogen) atoms. The zero-order chi connectivity index (χ0) is 17.7. The Kier molecular flexibility index (Phi) is 5.69. The lowest BCUT2D eigenvalue weighted by Crippen LogP contribution is -2.53. The molecule has 0 spiro atoms. The van der Waals surface area contributed by atoms with Gasteiger partial charge in [0.2, 0.25) is 0 Å². The summed E-state index contributed by atoms with van der Waals surface area (Å²) in [5.41, 5.74) is 0.661. The number of hydrogen-bond donors (Lipinski definition) is 1. The number of piperidine rings is 1. The lowest BCUT2D eigenvalue weighted by atomic mass is 9.90. The van der Waals surface area contributed by atoms with E-state index in [1.54, 1.807) is 30.3 Å². The minimum absolute atomic E-state index is 0.110. The molecule has 1 saturated heterocycles. The maximum absolute atomic E-state index is 13.1. The maximum Gasteiger partial charge on any atom is 0.410 e. The molecule has 2 atom stereocenters. The Bertz CT molecular complexity index is 576. The van der Waals surface area contributed by atoms with E-state index in [0.29, 0.717) is 10.5 Å². The number of rotatable bonds is 4. The molecular formula is C16H18F3NO4. The summed E-state index contributed by atoms with van der Waals surface area (Å²) in [6.45, 7) is -0.408. The van der Waals surface area contributed by atoms with Crippen LogP contribution in [-0.4, -0.2) is 40.8 Å². The van der Waals surface area contributed by atoms with Crippen LogP contribution in [0.5, 0.6) is 0 Å². The van der Waals surface area contributed by atoms with Crippen molar-refractivity contribution in [3.8, 4) is 0 Å². The topological polar surface area (TPSA) is 66.8 Å². The van der Waals surface area contributed by atoms with Crippen LogP contribution >= 0.6 is 0 Å². The van der Waals surface area contributed by atoms with Crippen LogP contribution in [0.15, 0.2) is 30.3 Å². The minimum Gasteiger partial charge on any atom is -0.481 e. The van der Waals surface area contributed by atoms with Crippen molar-refractivity contribution < 1.29 is 32.6 Å². The molecule has 8 heteroatoms. The SMILES string of the molecule is O=C(O)CC1CCC(C(F)(F)F)N(C(=O)OCc2ccccc2)C1. The Hall–Kier alpha value is -2.25. The molecule has 1 aliphatic heterocycles. The number of carboxylic acids is 1. The molecule has 1 aliphatic rings. The van der Waals surface area contributed by atoms with E-state index < -0.39 is 30.2 Å². The molecule has 132 valence electrons. The fraction of sp³-hybridized carbons (Fsp3) is 0.500. The number of hydrogen-bond acceptors (Lipinski definition) is 3. The highest BCUT2D eigenvalue weighted by Gasteiger charge is 2.48. The molecule has 0 saturated carbocycles. The molecule has 5 nitrogen and oxygen atoms in total. The molecule has 0 bridgehead atoms. The zero-order valence-electron chi connectivity index (χ0n) is 12.8. The van der Waals surface area contributed by atoms with Gasteiger partial charge in [0.05, 0.1) is 0 Å². The van der Waals surface area contributed by atoms with E-state index in [1.807, 2.05) is 0 Å². The molecule has 1 aromatic rings. The first-order valence-electron chi connectivity index (χ1n) is 7.53. The summed E-state index contributed by atoms with van der Waals surface area (Å²) in [5, 5.41) is 8.81. The number of aliphatic carboxylic acids is 1. The molecule has 2 unspecified atom stereocenters. The summed E-state index contributed by atoms with van der Waals surface area (Å²) in [6.07, 6.45) is -6.12. The average molecular weight is 345 g/mol. The molecule has 1 heterocycles. The zero-order valence-corrected chi connectivity index (χ0v) is 12.8. The van der Waals surface area contributed by atoms with Gasteiger partial charge < -0.3 is 9.84 Å². The van der Waals surface area contributed by atoms with Gasteiger partial charge in [0.1, 0.15) is 12.6 Å². The van der Waals surface area contributed by atoms with Gasteiger partial charge in [-0.15, -0.1) is 0 Å². The highest BCUT2D eigenvalue weighted by molar-refractivity contribution is 5.69. The van der Waals surface area contributed by atoms with Crippen molar-refractivity contribution in [3.63, 3.8) is 0 Å². The van der Waals surface area contributed by atoms with Crippen LogP contribution in [0.2, 0.25) is 0 Å². The monoisotopic (exact) mass is 345 g/mol. The Balaban J connectivity index is 2.04. The second kappa shape index (κ2) is 7.55. The Morgan fingerprint density at radius 3 is 2.46 bits per heavy atom. The van der Waals surface area contributed by atoms with Crippen LogP contribution in [0.25, 0.3) is 0 Å². The number of amides is 1. The predicted octanol–water partition coefficient (Wildman–Crippen LogP) is 3.44. The van der Waals surface area contributed by atoms with Crippen LogP contribution < -0.4 is 0 Å². The number of carbonyl (C=O) groups excluding carboxylic acids is 1. The number of alkyl halides is 3. The largest absolute Gasteiger partial charge is 0.481 e. The predicted molar refractivity (Wildman–Crippen MR) is 78.2 cm³/mol. The lowest BCUT2D eigenvalue weighted by molar-refractivity contribution is -0.189. The molecule has 1 N–H and O–H groups in total. The Morgan fingerprint density at radius 1 is 1.21 bits per heavy atom. The maximum atomic E-state index is 13.1. The van der Waals surface area contributed by atoms with Crippen molar-refractivity contribution in [2.75, 3.05) is 6.54 Å². The summed E-state index contributed by atoms with van der Waals surface area (Å²) in [7, 11) is 0. The van der Waals surface area contributed by atoms with E-state index in [0.717, 1.165) is 0 Å². The highest BCUT2D eigenvalue weighted by Crippen LogP contribution is 2.35. The van der Waals surface area contributed by atoms with Crippen LogP contribution in [0, 0.1) is 5.92 Å². The lowest BCUT2D eigenvalue weighted by Gasteiger charge is -2.39. The van der Waals surface area contributed by atoms with E-state index in [2.05, 4.69) is 0 Å². The van der Waals surface area contributed by atoms with Crippen LogP contribution in [0.4, 0.5) is 18.0 Å². The molecule has 0 radical (unpaired) electrons. The van der Waals surface area contributed by atoms with Crippen molar-refractivity contribution in [3.05, 3.63) is 35.9 Å². The second-order valence-electron chi connectivity index (χ2n) is 5.79. The quantitative estimate of drug-likeness (QED) is 0.908. The van der Waals surface area contributed by atoms with Crippen molar-refractivity contribution in [1.82, 2.24) is 4.90 Å². The molecule has 2 rings (SSSR count). The van der Waals surface area contributed by atoms with E-state index in [1.165, 1.54) is 0 Å². The Labute approximate surface area is 137 Å². The first-order chi connectivity index (χ1) is 11.3. The van der Waals surface area contributed by atoms with Crippen LogP contribution in [-0.2, 0) is 16.1 Å². The van der Waals surface area contributed by atoms with E-state index >= 15 is 0 Å².